The van der Waals surface area contributed by atoms with Gasteiger partial charge in [-0.05, 0) is 11.0 Å². The monoisotopic (exact) mass is 345 g/mol. The summed E-state index contributed by atoms with van der Waals surface area (Å²) in [5.74, 6) is 0.214. The number of hydrogen-bond donors (Lipinski definition) is 0. The van der Waals surface area contributed by atoms with Crippen LogP contribution in [-0.2, 0) is 14.4 Å². The van der Waals surface area contributed by atoms with Crippen LogP contribution >= 0.6 is 11.8 Å². The summed E-state index contributed by atoms with van der Waals surface area (Å²) in [6.45, 7) is 2.15. The lowest BCUT2D eigenvalue weighted by Crippen LogP contribution is -2.51. The maximum Gasteiger partial charge on any atom is 0.242 e. The van der Waals surface area contributed by atoms with Crippen LogP contribution in [-0.4, -0.2) is 71.4 Å². The average molecular weight is 345 g/mol. The van der Waals surface area contributed by atoms with Gasteiger partial charge in [0.2, 0.25) is 18.2 Å². The number of benzene rings is 1. The van der Waals surface area contributed by atoms with Crippen LogP contribution in [0.3, 0.4) is 0 Å². The quantitative estimate of drug-likeness (QED) is 0.760. The molecule has 0 spiro atoms. The Labute approximate surface area is 145 Å². The van der Waals surface area contributed by atoms with E-state index in [2.05, 4.69) is 0 Å². The van der Waals surface area contributed by atoms with Gasteiger partial charge in [0.25, 0.3) is 0 Å². The average Bonchev–Trinajstić information content (AvgIpc) is 2.64. The predicted octanol–water partition coefficient (Wildman–Crippen LogP) is 0.861. The van der Waals surface area contributed by atoms with E-state index in [1.807, 2.05) is 35.7 Å². The molecular formula is C17H19N3O3S. The van der Waals surface area contributed by atoms with Crippen molar-refractivity contribution in [3.05, 3.63) is 41.3 Å². The molecule has 7 heteroatoms. The molecule has 0 N–H and O–H groups in total. The zero-order chi connectivity index (χ0) is 16.9. The van der Waals surface area contributed by atoms with Gasteiger partial charge < -0.3 is 14.7 Å². The normalized spacial score (nSPS) is 18.4. The summed E-state index contributed by atoms with van der Waals surface area (Å²) >= 11 is 1.45. The van der Waals surface area contributed by atoms with Crippen molar-refractivity contribution in [2.75, 3.05) is 38.5 Å². The van der Waals surface area contributed by atoms with Crippen molar-refractivity contribution < 1.29 is 14.4 Å². The van der Waals surface area contributed by atoms with Crippen LogP contribution in [0.2, 0.25) is 0 Å². The van der Waals surface area contributed by atoms with Crippen LogP contribution in [0, 0.1) is 0 Å². The number of carbonyl (C=O) groups is 3. The number of nitrogens with zero attached hydrogens (tertiary/aromatic N) is 3. The van der Waals surface area contributed by atoms with E-state index < -0.39 is 0 Å². The van der Waals surface area contributed by atoms with Crippen LogP contribution in [0.25, 0.3) is 5.70 Å². The fourth-order valence-corrected chi connectivity index (χ4v) is 3.59. The zero-order valence-electron chi connectivity index (χ0n) is 13.3. The summed E-state index contributed by atoms with van der Waals surface area (Å²) in [6, 6.07) is 9.62. The first-order valence-electron chi connectivity index (χ1n) is 7.83. The smallest absolute Gasteiger partial charge is 0.242 e. The third kappa shape index (κ3) is 3.62. The van der Waals surface area contributed by atoms with Crippen LogP contribution in [0.15, 0.2) is 35.7 Å². The second kappa shape index (κ2) is 7.53. The predicted molar refractivity (Wildman–Crippen MR) is 92.8 cm³/mol. The van der Waals surface area contributed by atoms with E-state index in [0.717, 1.165) is 17.7 Å². The molecule has 126 valence electrons. The van der Waals surface area contributed by atoms with Crippen molar-refractivity contribution in [1.82, 2.24) is 14.7 Å². The van der Waals surface area contributed by atoms with Crippen LogP contribution in [0.1, 0.15) is 5.56 Å². The minimum absolute atomic E-state index is 0.0429. The Hall–Kier alpha value is -2.28. The van der Waals surface area contributed by atoms with Gasteiger partial charge >= 0.3 is 0 Å². The molecule has 1 aromatic rings. The Kier molecular flexibility index (Phi) is 5.20. The zero-order valence-corrected chi connectivity index (χ0v) is 14.1. The van der Waals surface area contributed by atoms with Gasteiger partial charge in [0.15, 0.2) is 0 Å². The maximum absolute atomic E-state index is 12.6. The van der Waals surface area contributed by atoms with Gasteiger partial charge in [0.05, 0.1) is 11.4 Å². The first-order chi connectivity index (χ1) is 11.7. The number of rotatable bonds is 4. The Morgan fingerprint density at radius 3 is 2.50 bits per heavy atom. The summed E-state index contributed by atoms with van der Waals surface area (Å²) in [7, 11) is 0. The summed E-state index contributed by atoms with van der Waals surface area (Å²) in [4.78, 5) is 40.6. The molecule has 2 aliphatic rings. The van der Waals surface area contributed by atoms with Gasteiger partial charge in [-0.2, -0.15) is 0 Å². The molecule has 0 radical (unpaired) electrons. The van der Waals surface area contributed by atoms with Crippen LogP contribution in [0.5, 0.6) is 0 Å². The standard InChI is InChI=1S/C17H19N3O3S/c21-13-18-6-8-19(9-7-18)16(22)10-20-15(11-24-12-17(20)23)14-4-2-1-3-5-14/h1-5,11,13H,6-10,12H2. The molecule has 1 fully saturated rings. The van der Waals surface area contributed by atoms with Crippen molar-refractivity contribution in [1.29, 1.82) is 0 Å². The molecule has 0 aromatic heterocycles. The van der Waals surface area contributed by atoms with E-state index in [9.17, 15) is 14.4 Å². The molecule has 0 unspecified atom stereocenters. The first-order valence-corrected chi connectivity index (χ1v) is 8.88. The molecule has 2 heterocycles. The molecule has 3 rings (SSSR count). The number of hydrogen-bond acceptors (Lipinski definition) is 4. The lowest BCUT2D eigenvalue weighted by molar-refractivity contribution is -0.139. The molecule has 3 amide bonds. The molecule has 1 saturated heterocycles. The fourth-order valence-electron chi connectivity index (χ4n) is 2.79. The Bertz CT molecular complexity index is 654. The largest absolute Gasteiger partial charge is 0.342 e. The number of carbonyl (C=O) groups excluding carboxylic acids is 3. The molecule has 1 aromatic carbocycles. The van der Waals surface area contributed by atoms with Gasteiger partial charge in [-0.15, -0.1) is 11.8 Å². The number of amides is 3. The topological polar surface area (TPSA) is 60.9 Å². The fraction of sp³-hybridized carbons (Fsp3) is 0.353. The third-order valence-electron chi connectivity index (χ3n) is 4.17. The van der Waals surface area contributed by atoms with Crippen LogP contribution in [0.4, 0.5) is 0 Å². The van der Waals surface area contributed by atoms with Gasteiger partial charge in [0.1, 0.15) is 6.54 Å². The summed E-state index contributed by atoms with van der Waals surface area (Å²) < 4.78 is 0. The van der Waals surface area contributed by atoms with Crippen molar-refractivity contribution in [3.8, 4) is 0 Å². The summed E-state index contributed by atoms with van der Waals surface area (Å²) in [5, 5.41) is 1.94. The van der Waals surface area contributed by atoms with E-state index in [0.29, 0.717) is 31.9 Å². The Morgan fingerprint density at radius 1 is 1.12 bits per heavy atom. The summed E-state index contributed by atoms with van der Waals surface area (Å²) in [5.41, 5.74) is 1.70. The molecule has 0 saturated carbocycles. The minimum Gasteiger partial charge on any atom is -0.342 e. The van der Waals surface area contributed by atoms with Crippen molar-refractivity contribution in [3.63, 3.8) is 0 Å². The highest BCUT2D eigenvalue weighted by Crippen LogP contribution is 2.28. The van der Waals surface area contributed by atoms with E-state index in [1.165, 1.54) is 11.8 Å². The lowest BCUT2D eigenvalue weighted by Gasteiger charge is -2.35. The van der Waals surface area contributed by atoms with E-state index >= 15 is 0 Å². The van der Waals surface area contributed by atoms with Crippen molar-refractivity contribution in [2.45, 2.75) is 0 Å². The third-order valence-corrected chi connectivity index (χ3v) is 4.98. The second-order valence-electron chi connectivity index (χ2n) is 5.68. The molecular weight excluding hydrogens is 326 g/mol. The van der Waals surface area contributed by atoms with E-state index in [1.54, 1.807) is 14.7 Å². The first kappa shape index (κ1) is 16.6. The van der Waals surface area contributed by atoms with Gasteiger partial charge in [-0.25, -0.2) is 0 Å². The number of thioether (sulfide) groups is 1. The highest BCUT2D eigenvalue weighted by molar-refractivity contribution is 8.03. The van der Waals surface area contributed by atoms with Gasteiger partial charge in [-0.3, -0.25) is 14.4 Å². The Morgan fingerprint density at radius 2 is 1.83 bits per heavy atom. The molecule has 6 nitrogen and oxygen atoms in total. The molecule has 0 atom stereocenters. The molecule has 2 aliphatic heterocycles. The van der Waals surface area contributed by atoms with Crippen LogP contribution < -0.4 is 0 Å². The lowest BCUT2D eigenvalue weighted by atomic mass is 10.1. The van der Waals surface area contributed by atoms with E-state index in [-0.39, 0.29) is 18.4 Å². The highest BCUT2D eigenvalue weighted by atomic mass is 32.2. The SMILES string of the molecule is O=CN1CCN(C(=O)CN2C(=O)CSC=C2c2ccccc2)CC1. The molecule has 24 heavy (non-hydrogen) atoms. The highest BCUT2D eigenvalue weighted by Gasteiger charge is 2.28. The van der Waals surface area contributed by atoms with E-state index in [4.69, 9.17) is 0 Å². The van der Waals surface area contributed by atoms with Crippen molar-refractivity contribution >= 4 is 35.7 Å². The maximum atomic E-state index is 12.6. The molecule has 0 aliphatic carbocycles. The Balaban J connectivity index is 1.71. The minimum atomic E-state index is -0.0809. The second-order valence-corrected chi connectivity index (χ2v) is 6.54. The van der Waals surface area contributed by atoms with Crippen molar-refractivity contribution in [2.24, 2.45) is 0 Å². The number of piperazine rings is 1. The molecule has 0 bridgehead atoms. The van der Waals surface area contributed by atoms with Gasteiger partial charge in [0, 0.05) is 26.2 Å². The van der Waals surface area contributed by atoms with Gasteiger partial charge in [-0.1, -0.05) is 30.3 Å². The summed E-state index contributed by atoms with van der Waals surface area (Å²) in [6.07, 6.45) is 0.809.